The Morgan fingerprint density at radius 1 is 1.17 bits per heavy atom. The molecule has 2 atom stereocenters. The highest BCUT2D eigenvalue weighted by Crippen LogP contribution is 2.30. The van der Waals surface area contributed by atoms with Crippen LogP contribution in [-0.2, 0) is 9.59 Å². The van der Waals surface area contributed by atoms with Gasteiger partial charge in [0.2, 0.25) is 0 Å². The van der Waals surface area contributed by atoms with Crippen LogP contribution in [0.15, 0.2) is 63.8 Å². The SMILES string of the molecule is C[C@H](Oc1ccc2c(-c3ccccc3)cc(=O)oc2c1)C(=O)N1CCC[C@H]1C(=O)[O-]. The Kier molecular flexibility index (Phi) is 5.27. The van der Waals surface area contributed by atoms with Crippen molar-refractivity contribution in [2.45, 2.75) is 31.9 Å². The predicted octanol–water partition coefficient (Wildman–Crippen LogP) is 1.97. The number of amides is 1. The van der Waals surface area contributed by atoms with E-state index in [1.165, 1.54) is 11.0 Å². The highest BCUT2D eigenvalue weighted by molar-refractivity contribution is 5.94. The quantitative estimate of drug-likeness (QED) is 0.601. The molecular weight excluding hydrogens is 386 g/mol. The Balaban J connectivity index is 1.60. The number of nitrogens with zero attached hydrogens (tertiary/aromatic N) is 1. The molecule has 0 aliphatic carbocycles. The minimum absolute atomic E-state index is 0.340. The number of hydrogen-bond donors (Lipinski definition) is 0. The van der Waals surface area contributed by atoms with Crippen LogP contribution in [-0.4, -0.2) is 35.5 Å². The Morgan fingerprint density at radius 2 is 1.93 bits per heavy atom. The summed E-state index contributed by atoms with van der Waals surface area (Å²) >= 11 is 0. The van der Waals surface area contributed by atoms with Crippen LogP contribution in [0.25, 0.3) is 22.1 Å². The highest BCUT2D eigenvalue weighted by Gasteiger charge is 2.33. The van der Waals surface area contributed by atoms with Gasteiger partial charge in [-0.05, 0) is 43.0 Å². The van der Waals surface area contributed by atoms with Gasteiger partial charge in [-0.25, -0.2) is 4.79 Å². The van der Waals surface area contributed by atoms with Gasteiger partial charge in [0.15, 0.2) is 6.10 Å². The van der Waals surface area contributed by atoms with Gasteiger partial charge < -0.3 is 24.0 Å². The Bertz CT molecular complexity index is 1150. The molecule has 0 spiro atoms. The van der Waals surface area contributed by atoms with Gasteiger partial charge in [0.05, 0.1) is 12.0 Å². The van der Waals surface area contributed by atoms with Crippen molar-refractivity contribution in [3.63, 3.8) is 0 Å². The Morgan fingerprint density at radius 3 is 2.67 bits per heavy atom. The zero-order valence-electron chi connectivity index (χ0n) is 16.4. The number of fused-ring (bicyclic) bond motifs is 1. The van der Waals surface area contributed by atoms with Gasteiger partial charge in [-0.15, -0.1) is 0 Å². The lowest BCUT2D eigenvalue weighted by atomic mass is 10.0. The van der Waals surface area contributed by atoms with Crippen molar-refractivity contribution in [1.29, 1.82) is 0 Å². The average molecular weight is 406 g/mol. The molecule has 30 heavy (non-hydrogen) atoms. The molecule has 1 aliphatic rings. The summed E-state index contributed by atoms with van der Waals surface area (Å²) in [7, 11) is 0. The number of likely N-dealkylation sites (tertiary alicyclic amines) is 1. The minimum Gasteiger partial charge on any atom is -0.548 e. The number of rotatable bonds is 5. The van der Waals surface area contributed by atoms with Crippen LogP contribution in [0, 0.1) is 0 Å². The number of carboxylic acids is 1. The lowest BCUT2D eigenvalue weighted by Gasteiger charge is -2.28. The second kappa shape index (κ2) is 8.02. The van der Waals surface area contributed by atoms with E-state index in [0.717, 1.165) is 16.5 Å². The van der Waals surface area contributed by atoms with Crippen LogP contribution in [0.2, 0.25) is 0 Å². The van der Waals surface area contributed by atoms with Crippen molar-refractivity contribution in [2.75, 3.05) is 6.54 Å². The standard InChI is InChI=1S/C23H21NO6/c1-14(22(26)24-11-5-8-19(24)23(27)28)29-16-9-10-17-18(15-6-3-2-4-7-15)13-21(25)30-20(17)12-16/h2-4,6-7,9-10,12-14,19H,5,8,11H2,1H3,(H,27,28)/p-1/t14-,19-/m0/s1. The summed E-state index contributed by atoms with van der Waals surface area (Å²) in [6.07, 6.45) is 0.0939. The smallest absolute Gasteiger partial charge is 0.336 e. The summed E-state index contributed by atoms with van der Waals surface area (Å²) in [5.41, 5.74) is 1.48. The summed E-state index contributed by atoms with van der Waals surface area (Å²) in [6.45, 7) is 1.92. The van der Waals surface area contributed by atoms with E-state index >= 15 is 0 Å². The second-order valence-electron chi connectivity index (χ2n) is 7.27. The number of benzene rings is 2. The van der Waals surface area contributed by atoms with E-state index in [0.29, 0.717) is 30.7 Å². The molecule has 1 fully saturated rings. The van der Waals surface area contributed by atoms with Gasteiger partial charge >= 0.3 is 5.63 Å². The monoisotopic (exact) mass is 406 g/mol. The minimum atomic E-state index is -1.26. The first-order chi connectivity index (χ1) is 14.4. The van der Waals surface area contributed by atoms with Crippen LogP contribution in [0.3, 0.4) is 0 Å². The third kappa shape index (κ3) is 3.78. The summed E-state index contributed by atoms with van der Waals surface area (Å²) in [4.78, 5) is 37.2. The fourth-order valence-electron chi connectivity index (χ4n) is 3.84. The highest BCUT2D eigenvalue weighted by atomic mass is 16.5. The number of carbonyl (C=O) groups excluding carboxylic acids is 2. The number of carbonyl (C=O) groups is 2. The van der Waals surface area contributed by atoms with Crippen LogP contribution in [0.5, 0.6) is 5.75 Å². The van der Waals surface area contributed by atoms with Gasteiger partial charge in [0, 0.05) is 24.1 Å². The average Bonchev–Trinajstić information content (AvgIpc) is 3.23. The van der Waals surface area contributed by atoms with Gasteiger partial charge in [0.1, 0.15) is 11.3 Å². The van der Waals surface area contributed by atoms with Crippen molar-refractivity contribution in [3.05, 3.63) is 65.0 Å². The third-order valence-corrected chi connectivity index (χ3v) is 5.27. The summed E-state index contributed by atoms with van der Waals surface area (Å²) in [5, 5.41) is 12.0. The molecule has 0 radical (unpaired) electrons. The molecule has 0 N–H and O–H groups in total. The molecule has 0 unspecified atom stereocenters. The molecular formula is C23H20NO6-. The zero-order chi connectivity index (χ0) is 21.3. The van der Waals surface area contributed by atoms with E-state index < -0.39 is 29.6 Å². The lowest BCUT2D eigenvalue weighted by Crippen LogP contribution is -2.50. The molecule has 7 nitrogen and oxygen atoms in total. The number of hydrogen-bond acceptors (Lipinski definition) is 6. The van der Waals surface area contributed by atoms with Gasteiger partial charge in [-0.3, -0.25) is 4.79 Å². The maximum atomic E-state index is 12.7. The lowest BCUT2D eigenvalue weighted by molar-refractivity contribution is -0.310. The largest absolute Gasteiger partial charge is 0.548 e. The zero-order valence-corrected chi connectivity index (χ0v) is 16.4. The second-order valence-corrected chi connectivity index (χ2v) is 7.27. The molecule has 154 valence electrons. The Labute approximate surface area is 172 Å². The van der Waals surface area contributed by atoms with Crippen LogP contribution >= 0.6 is 0 Å². The number of aliphatic carboxylic acids is 1. The summed E-state index contributed by atoms with van der Waals surface area (Å²) in [6, 6.07) is 15.0. The molecule has 2 heterocycles. The van der Waals surface area contributed by atoms with Crippen molar-refractivity contribution in [3.8, 4) is 16.9 Å². The van der Waals surface area contributed by atoms with E-state index in [1.807, 2.05) is 30.3 Å². The number of ether oxygens (including phenoxy) is 1. The molecule has 0 saturated carbocycles. The number of carboxylic acid groups (broad SMARTS) is 1. The molecule has 1 aliphatic heterocycles. The summed E-state index contributed by atoms with van der Waals surface area (Å²) < 4.78 is 11.1. The van der Waals surface area contributed by atoms with E-state index in [1.54, 1.807) is 25.1 Å². The van der Waals surface area contributed by atoms with E-state index in [-0.39, 0.29) is 0 Å². The molecule has 4 rings (SSSR count). The van der Waals surface area contributed by atoms with Gasteiger partial charge in [-0.2, -0.15) is 0 Å². The molecule has 7 heteroatoms. The summed E-state index contributed by atoms with van der Waals surface area (Å²) in [5.74, 6) is -1.32. The fourth-order valence-corrected chi connectivity index (χ4v) is 3.84. The molecule has 2 aromatic carbocycles. The van der Waals surface area contributed by atoms with Crippen LogP contribution < -0.4 is 15.5 Å². The van der Waals surface area contributed by atoms with E-state index in [2.05, 4.69) is 0 Å². The maximum absolute atomic E-state index is 12.7. The van der Waals surface area contributed by atoms with Crippen molar-refractivity contribution < 1.29 is 23.8 Å². The molecule has 3 aromatic rings. The van der Waals surface area contributed by atoms with E-state index in [4.69, 9.17) is 9.15 Å². The van der Waals surface area contributed by atoms with Gasteiger partial charge in [0.25, 0.3) is 5.91 Å². The van der Waals surface area contributed by atoms with Gasteiger partial charge in [-0.1, -0.05) is 30.3 Å². The Hall–Kier alpha value is -3.61. The van der Waals surface area contributed by atoms with Crippen LogP contribution in [0.4, 0.5) is 0 Å². The first kappa shape index (κ1) is 19.7. The first-order valence-electron chi connectivity index (χ1n) is 9.75. The molecule has 1 aromatic heterocycles. The molecule has 1 saturated heterocycles. The van der Waals surface area contributed by atoms with Crippen molar-refractivity contribution in [2.24, 2.45) is 0 Å². The molecule has 1 amide bonds. The first-order valence-corrected chi connectivity index (χ1v) is 9.75. The van der Waals surface area contributed by atoms with E-state index in [9.17, 15) is 19.5 Å². The van der Waals surface area contributed by atoms with Crippen molar-refractivity contribution >= 4 is 22.8 Å². The molecule has 0 bridgehead atoms. The van der Waals surface area contributed by atoms with Crippen LogP contribution in [0.1, 0.15) is 19.8 Å². The predicted molar refractivity (Wildman–Crippen MR) is 108 cm³/mol. The maximum Gasteiger partial charge on any atom is 0.336 e. The topological polar surface area (TPSA) is 99.9 Å². The third-order valence-electron chi connectivity index (χ3n) is 5.27. The van der Waals surface area contributed by atoms with Crippen molar-refractivity contribution in [1.82, 2.24) is 4.90 Å². The normalized spacial score (nSPS) is 17.1. The fraction of sp³-hybridized carbons (Fsp3) is 0.261.